The van der Waals surface area contributed by atoms with Crippen LogP contribution in [0.4, 0.5) is 0 Å². The van der Waals surface area contributed by atoms with Gasteiger partial charge in [-0.25, -0.2) is 0 Å². The van der Waals surface area contributed by atoms with Crippen molar-refractivity contribution in [2.24, 2.45) is 0 Å². The largest absolute Gasteiger partial charge is 0.472 e. The van der Waals surface area contributed by atoms with Crippen molar-refractivity contribution in [3.63, 3.8) is 0 Å². The van der Waals surface area contributed by atoms with Crippen molar-refractivity contribution in [3.05, 3.63) is 47.3 Å². The van der Waals surface area contributed by atoms with E-state index >= 15 is 0 Å². The maximum absolute atomic E-state index is 5.14. The molecule has 0 unspecified atom stereocenters. The van der Waals surface area contributed by atoms with Crippen molar-refractivity contribution in [2.45, 2.75) is 12.8 Å². The molecule has 0 fully saturated rings. The Hall–Kier alpha value is -1.44. The highest BCUT2D eigenvalue weighted by atomic mass is 16.3. The van der Waals surface area contributed by atoms with Crippen LogP contribution in [0.25, 0.3) is 0 Å². The van der Waals surface area contributed by atoms with Crippen molar-refractivity contribution in [1.82, 2.24) is 0 Å². The molecule has 60 valence electrons. The average molecular weight is 160 g/mol. The average Bonchev–Trinajstić information content (AvgIpc) is 2.64. The molecule has 1 aliphatic rings. The first-order chi connectivity index (χ1) is 5.93. The summed E-state index contributed by atoms with van der Waals surface area (Å²) in [6.45, 7) is 0. The predicted molar refractivity (Wildman–Crippen MR) is 43.0 cm³/mol. The smallest absolute Gasteiger partial charge is 0.0940 e. The Labute approximate surface area is 69.8 Å². The first kappa shape index (κ1) is 6.12. The van der Waals surface area contributed by atoms with E-state index in [0.717, 1.165) is 12.8 Å². The second kappa shape index (κ2) is 2.03. The van der Waals surface area contributed by atoms with E-state index in [2.05, 4.69) is 0 Å². The van der Waals surface area contributed by atoms with Crippen molar-refractivity contribution in [3.8, 4) is 0 Å². The van der Waals surface area contributed by atoms with E-state index in [-0.39, 0.29) is 0 Å². The molecule has 0 aromatic carbocycles. The van der Waals surface area contributed by atoms with Gasteiger partial charge in [0.05, 0.1) is 25.1 Å². The second-order valence-corrected chi connectivity index (χ2v) is 3.20. The van der Waals surface area contributed by atoms with Crippen molar-refractivity contribution < 1.29 is 8.83 Å². The van der Waals surface area contributed by atoms with E-state index in [0.29, 0.717) is 0 Å². The molecule has 2 heterocycles. The number of hydrogen-bond acceptors (Lipinski definition) is 2. The van der Waals surface area contributed by atoms with Gasteiger partial charge in [-0.1, -0.05) is 0 Å². The third-order valence-corrected chi connectivity index (χ3v) is 2.43. The summed E-state index contributed by atoms with van der Waals surface area (Å²) in [4.78, 5) is 0. The van der Waals surface area contributed by atoms with E-state index in [1.54, 1.807) is 0 Å². The molecule has 0 amide bonds. The van der Waals surface area contributed by atoms with Gasteiger partial charge >= 0.3 is 0 Å². The van der Waals surface area contributed by atoms with Crippen LogP contribution in [0.2, 0.25) is 0 Å². The summed E-state index contributed by atoms with van der Waals surface area (Å²) in [7, 11) is 0. The normalized spacial score (nSPS) is 14.0. The zero-order valence-corrected chi connectivity index (χ0v) is 6.54. The Bertz CT molecular complexity index is 336. The van der Waals surface area contributed by atoms with Crippen molar-refractivity contribution in [2.75, 3.05) is 0 Å². The van der Waals surface area contributed by atoms with Crippen LogP contribution in [-0.2, 0) is 12.8 Å². The molecule has 0 N–H and O–H groups in total. The minimum absolute atomic E-state index is 0.956. The molecule has 2 nitrogen and oxygen atoms in total. The van der Waals surface area contributed by atoms with Gasteiger partial charge in [-0.3, -0.25) is 0 Å². The Balaban J connectivity index is 2.15. The lowest BCUT2D eigenvalue weighted by molar-refractivity contribution is 0.557. The molecule has 2 heteroatoms. The third kappa shape index (κ3) is 0.694. The lowest BCUT2D eigenvalue weighted by Gasteiger charge is -2.08. The molecular formula is C10H8O2. The van der Waals surface area contributed by atoms with Gasteiger partial charge in [-0.2, -0.15) is 0 Å². The maximum atomic E-state index is 5.14. The molecule has 2 aromatic rings. The molecule has 0 spiro atoms. The molecule has 1 aliphatic carbocycles. The van der Waals surface area contributed by atoms with E-state index in [1.165, 1.54) is 22.3 Å². The minimum atomic E-state index is 0.956. The number of furan rings is 2. The van der Waals surface area contributed by atoms with Gasteiger partial charge in [0, 0.05) is 12.8 Å². The fourth-order valence-electron chi connectivity index (χ4n) is 1.73. The molecule has 2 aromatic heterocycles. The fourth-order valence-corrected chi connectivity index (χ4v) is 1.73. The first-order valence-electron chi connectivity index (χ1n) is 4.01. The molecule has 0 radical (unpaired) electrons. The summed E-state index contributed by atoms with van der Waals surface area (Å²) in [6, 6.07) is 0. The topological polar surface area (TPSA) is 26.3 Å². The second-order valence-electron chi connectivity index (χ2n) is 3.20. The molecule has 0 atom stereocenters. The van der Waals surface area contributed by atoms with Gasteiger partial charge in [0.15, 0.2) is 0 Å². The summed E-state index contributed by atoms with van der Waals surface area (Å²) >= 11 is 0. The highest BCUT2D eigenvalue weighted by Gasteiger charge is 2.17. The van der Waals surface area contributed by atoms with Crippen LogP contribution in [0.3, 0.4) is 0 Å². The summed E-state index contributed by atoms with van der Waals surface area (Å²) in [5.74, 6) is 0. The molecule has 0 saturated carbocycles. The van der Waals surface area contributed by atoms with Gasteiger partial charge in [0.2, 0.25) is 0 Å². The quantitative estimate of drug-likeness (QED) is 0.504. The van der Waals surface area contributed by atoms with Crippen molar-refractivity contribution in [1.29, 1.82) is 0 Å². The van der Waals surface area contributed by atoms with Crippen LogP contribution < -0.4 is 0 Å². The molecule has 0 bridgehead atoms. The number of hydrogen-bond donors (Lipinski definition) is 0. The van der Waals surface area contributed by atoms with Crippen LogP contribution in [0.1, 0.15) is 22.3 Å². The van der Waals surface area contributed by atoms with Gasteiger partial charge in [-0.05, 0) is 22.3 Å². The number of rotatable bonds is 0. The van der Waals surface area contributed by atoms with Crippen LogP contribution in [-0.4, -0.2) is 0 Å². The van der Waals surface area contributed by atoms with Crippen LogP contribution >= 0.6 is 0 Å². The summed E-state index contributed by atoms with van der Waals surface area (Å²) in [5, 5.41) is 0. The zero-order chi connectivity index (χ0) is 7.97. The van der Waals surface area contributed by atoms with Gasteiger partial charge in [0.1, 0.15) is 0 Å². The third-order valence-electron chi connectivity index (χ3n) is 2.43. The molecular weight excluding hydrogens is 152 g/mol. The van der Waals surface area contributed by atoms with E-state index in [4.69, 9.17) is 8.83 Å². The Morgan fingerprint density at radius 1 is 0.667 bits per heavy atom. The lowest BCUT2D eigenvalue weighted by atomic mass is 9.92. The van der Waals surface area contributed by atoms with Crippen molar-refractivity contribution >= 4 is 0 Å². The Morgan fingerprint density at radius 2 is 1.00 bits per heavy atom. The Kier molecular flexibility index (Phi) is 1.04. The zero-order valence-electron chi connectivity index (χ0n) is 6.54. The SMILES string of the molecule is c1occ2c1Cc1cocc1C2. The van der Waals surface area contributed by atoms with E-state index in [1.807, 2.05) is 25.1 Å². The highest BCUT2D eigenvalue weighted by Crippen LogP contribution is 2.27. The molecule has 3 rings (SSSR count). The molecule has 12 heavy (non-hydrogen) atoms. The highest BCUT2D eigenvalue weighted by molar-refractivity contribution is 5.40. The fraction of sp³-hybridized carbons (Fsp3) is 0.200. The van der Waals surface area contributed by atoms with E-state index in [9.17, 15) is 0 Å². The first-order valence-corrected chi connectivity index (χ1v) is 4.01. The number of fused-ring (bicyclic) bond motifs is 2. The predicted octanol–water partition coefficient (Wildman–Crippen LogP) is 2.37. The molecule has 0 saturated heterocycles. The monoisotopic (exact) mass is 160 g/mol. The van der Waals surface area contributed by atoms with Crippen LogP contribution in [0.15, 0.2) is 33.9 Å². The van der Waals surface area contributed by atoms with Gasteiger partial charge in [0.25, 0.3) is 0 Å². The molecule has 0 aliphatic heterocycles. The van der Waals surface area contributed by atoms with Crippen LogP contribution in [0, 0.1) is 0 Å². The van der Waals surface area contributed by atoms with Gasteiger partial charge in [-0.15, -0.1) is 0 Å². The summed E-state index contributed by atoms with van der Waals surface area (Å²) in [6.07, 6.45) is 9.21. The lowest BCUT2D eigenvalue weighted by Crippen LogP contribution is -2.01. The minimum Gasteiger partial charge on any atom is -0.472 e. The van der Waals surface area contributed by atoms with E-state index < -0.39 is 0 Å². The maximum Gasteiger partial charge on any atom is 0.0940 e. The van der Waals surface area contributed by atoms with Gasteiger partial charge < -0.3 is 8.83 Å². The van der Waals surface area contributed by atoms with Crippen LogP contribution in [0.5, 0.6) is 0 Å². The summed E-state index contributed by atoms with van der Waals surface area (Å²) < 4.78 is 10.3. The standard InChI is InChI=1S/C10H8O2/c1-7-3-11-5-9(7)2-10-6-12-4-8(1)10/h3-6H,1-2H2. The summed E-state index contributed by atoms with van der Waals surface area (Å²) in [5.41, 5.74) is 5.18. The Morgan fingerprint density at radius 3 is 1.33 bits per heavy atom.